The monoisotopic (exact) mass is 439 g/mol. The molecule has 1 heterocycles. The first kappa shape index (κ1) is 23.3. The molecule has 1 aliphatic rings. The largest absolute Gasteiger partial charge is 0.508 e. The zero-order valence-corrected chi connectivity index (χ0v) is 18.8. The van der Waals surface area contributed by atoms with Crippen LogP contribution in [-0.2, 0) is 14.3 Å². The molecule has 170 valence electrons. The van der Waals surface area contributed by atoms with Crippen molar-refractivity contribution in [1.29, 1.82) is 0 Å². The number of hydrogen-bond acceptors (Lipinski definition) is 6. The Balaban J connectivity index is 2.07. The van der Waals surface area contributed by atoms with Gasteiger partial charge in [0, 0.05) is 19.2 Å². The van der Waals surface area contributed by atoms with Crippen LogP contribution in [-0.4, -0.2) is 53.7 Å². The minimum atomic E-state index is -0.790. The highest BCUT2D eigenvalue weighted by atomic mass is 16.5. The normalized spacial score (nSPS) is 17.9. The molecular formula is C25H29NO6. The van der Waals surface area contributed by atoms with Crippen LogP contribution in [0, 0.1) is 12.8 Å². The van der Waals surface area contributed by atoms with Gasteiger partial charge in [0.25, 0.3) is 11.7 Å². The summed E-state index contributed by atoms with van der Waals surface area (Å²) in [5, 5.41) is 20.8. The molecule has 0 bridgehead atoms. The lowest BCUT2D eigenvalue weighted by molar-refractivity contribution is -0.140. The first-order valence-corrected chi connectivity index (χ1v) is 10.5. The average molecular weight is 440 g/mol. The lowest BCUT2D eigenvalue weighted by Crippen LogP contribution is -2.32. The Morgan fingerprint density at radius 3 is 2.41 bits per heavy atom. The minimum Gasteiger partial charge on any atom is -0.508 e. The number of amides is 1. The zero-order chi connectivity index (χ0) is 23.4. The van der Waals surface area contributed by atoms with Crippen molar-refractivity contribution < 1.29 is 29.3 Å². The van der Waals surface area contributed by atoms with Crippen molar-refractivity contribution in [2.45, 2.75) is 26.8 Å². The smallest absolute Gasteiger partial charge is 0.295 e. The third kappa shape index (κ3) is 4.78. The highest BCUT2D eigenvalue weighted by Crippen LogP contribution is 2.40. The van der Waals surface area contributed by atoms with Crippen molar-refractivity contribution in [2.75, 3.05) is 26.9 Å². The second-order valence-corrected chi connectivity index (χ2v) is 8.26. The summed E-state index contributed by atoms with van der Waals surface area (Å²) < 4.78 is 10.9. The van der Waals surface area contributed by atoms with Crippen LogP contribution in [0.3, 0.4) is 0 Å². The molecule has 2 aromatic carbocycles. The minimum absolute atomic E-state index is 0.00995. The lowest BCUT2D eigenvalue weighted by Gasteiger charge is -2.25. The van der Waals surface area contributed by atoms with Crippen LogP contribution in [0.25, 0.3) is 5.76 Å². The van der Waals surface area contributed by atoms with E-state index in [1.807, 2.05) is 6.92 Å². The molecule has 1 saturated heterocycles. The number of carbonyl (C=O) groups excluding carboxylic acids is 2. The van der Waals surface area contributed by atoms with Crippen molar-refractivity contribution >= 4 is 17.4 Å². The number of nitrogens with zero attached hydrogens (tertiary/aromatic N) is 1. The fourth-order valence-electron chi connectivity index (χ4n) is 3.70. The molecule has 3 rings (SSSR count). The van der Waals surface area contributed by atoms with Crippen molar-refractivity contribution in [1.82, 2.24) is 4.90 Å². The Morgan fingerprint density at radius 1 is 1.12 bits per heavy atom. The number of ketones is 1. The van der Waals surface area contributed by atoms with Gasteiger partial charge in [0.15, 0.2) is 0 Å². The summed E-state index contributed by atoms with van der Waals surface area (Å²) in [6, 6.07) is 10.7. The zero-order valence-electron chi connectivity index (χ0n) is 18.8. The van der Waals surface area contributed by atoms with E-state index >= 15 is 0 Å². The quantitative estimate of drug-likeness (QED) is 0.369. The van der Waals surface area contributed by atoms with E-state index in [1.165, 1.54) is 24.1 Å². The second-order valence-electron chi connectivity index (χ2n) is 8.26. The van der Waals surface area contributed by atoms with Crippen LogP contribution in [0.5, 0.6) is 11.5 Å². The van der Waals surface area contributed by atoms with Crippen molar-refractivity contribution in [2.24, 2.45) is 5.92 Å². The van der Waals surface area contributed by atoms with Gasteiger partial charge in [0.1, 0.15) is 17.3 Å². The number of likely N-dealkylation sites (tertiary alicyclic amines) is 1. The number of phenols is 1. The molecule has 0 aliphatic carbocycles. The maximum Gasteiger partial charge on any atom is 0.295 e. The van der Waals surface area contributed by atoms with Gasteiger partial charge >= 0.3 is 0 Å². The third-order valence-electron chi connectivity index (χ3n) is 5.32. The number of aryl methyl sites for hydroxylation is 1. The molecule has 0 spiro atoms. The molecule has 0 radical (unpaired) electrons. The van der Waals surface area contributed by atoms with Crippen LogP contribution in [0.15, 0.2) is 48.0 Å². The molecule has 7 heteroatoms. The standard InChI is InChI=1S/C25H29NO6/c1-15(2)14-32-19-9-10-20(16(3)13-19)23(28)21-22(17-5-7-18(27)8-6-17)26(11-12-31-4)25(30)24(21)29/h5-10,13,15,22,27-28H,11-12,14H2,1-4H3/t22-/m0/s1. The number of hydrogen-bond donors (Lipinski definition) is 2. The fraction of sp³-hybridized carbons (Fsp3) is 0.360. The Bertz CT molecular complexity index is 1030. The summed E-state index contributed by atoms with van der Waals surface area (Å²) in [5.41, 5.74) is 1.79. The van der Waals surface area contributed by atoms with Crippen LogP contribution >= 0.6 is 0 Å². The SMILES string of the molecule is COCCN1C(=O)C(=O)C(=C(O)c2ccc(OCC(C)C)cc2C)[C@@H]1c1ccc(O)cc1. The number of rotatable bonds is 8. The highest BCUT2D eigenvalue weighted by molar-refractivity contribution is 6.46. The van der Waals surface area contributed by atoms with E-state index in [4.69, 9.17) is 9.47 Å². The summed E-state index contributed by atoms with van der Waals surface area (Å²) >= 11 is 0. The number of aliphatic hydroxyl groups excluding tert-OH is 1. The average Bonchev–Trinajstić information content (AvgIpc) is 3.01. The van der Waals surface area contributed by atoms with Gasteiger partial charge in [0.05, 0.1) is 24.8 Å². The lowest BCUT2D eigenvalue weighted by atomic mass is 9.94. The van der Waals surface area contributed by atoms with E-state index in [-0.39, 0.29) is 30.2 Å². The Kier molecular flexibility index (Phi) is 7.20. The molecule has 0 aromatic heterocycles. The molecule has 2 N–H and O–H groups in total. The summed E-state index contributed by atoms with van der Waals surface area (Å²) in [4.78, 5) is 27.2. The number of methoxy groups -OCH3 is 1. The Hall–Kier alpha value is -3.32. The molecular weight excluding hydrogens is 410 g/mol. The number of benzene rings is 2. The van der Waals surface area contributed by atoms with Gasteiger partial charge in [-0.05, 0) is 54.3 Å². The molecule has 2 aromatic rings. The summed E-state index contributed by atoms with van der Waals surface area (Å²) in [6.07, 6.45) is 0. The van der Waals surface area contributed by atoms with E-state index < -0.39 is 17.7 Å². The predicted octanol–water partition coefficient (Wildman–Crippen LogP) is 3.80. The molecule has 1 fully saturated rings. The first-order chi connectivity index (χ1) is 15.2. The molecule has 7 nitrogen and oxygen atoms in total. The van der Waals surface area contributed by atoms with Crippen molar-refractivity contribution in [3.8, 4) is 11.5 Å². The van der Waals surface area contributed by atoms with Gasteiger partial charge in [-0.2, -0.15) is 0 Å². The third-order valence-corrected chi connectivity index (χ3v) is 5.32. The van der Waals surface area contributed by atoms with E-state index in [2.05, 4.69) is 13.8 Å². The maximum atomic E-state index is 13.0. The number of aromatic hydroxyl groups is 1. The summed E-state index contributed by atoms with van der Waals surface area (Å²) in [6.45, 7) is 6.91. The number of aliphatic hydroxyl groups is 1. The van der Waals surface area contributed by atoms with Gasteiger partial charge in [-0.15, -0.1) is 0 Å². The fourth-order valence-corrected chi connectivity index (χ4v) is 3.70. The predicted molar refractivity (Wildman–Crippen MR) is 121 cm³/mol. The number of ether oxygens (including phenoxy) is 2. The summed E-state index contributed by atoms with van der Waals surface area (Å²) in [5.74, 6) is -0.586. The van der Waals surface area contributed by atoms with Crippen LogP contribution < -0.4 is 4.74 Å². The number of Topliss-reactive ketones (excluding diaryl/α,β-unsaturated/α-hetero) is 1. The number of carbonyl (C=O) groups is 2. The topological polar surface area (TPSA) is 96.3 Å². The molecule has 0 saturated carbocycles. The van der Waals surface area contributed by atoms with E-state index in [0.717, 1.165) is 5.56 Å². The van der Waals surface area contributed by atoms with Crippen LogP contribution in [0.2, 0.25) is 0 Å². The maximum absolute atomic E-state index is 13.0. The van der Waals surface area contributed by atoms with E-state index in [1.54, 1.807) is 30.3 Å². The van der Waals surface area contributed by atoms with Gasteiger partial charge in [-0.3, -0.25) is 9.59 Å². The van der Waals surface area contributed by atoms with Crippen molar-refractivity contribution in [3.63, 3.8) is 0 Å². The Labute approximate surface area is 187 Å². The van der Waals surface area contributed by atoms with Gasteiger partial charge in [-0.25, -0.2) is 0 Å². The molecule has 1 amide bonds. The number of phenolic OH excluding ortho intramolecular Hbond substituents is 1. The second kappa shape index (κ2) is 9.87. The van der Waals surface area contributed by atoms with Crippen LogP contribution in [0.4, 0.5) is 0 Å². The van der Waals surface area contributed by atoms with Gasteiger partial charge in [-0.1, -0.05) is 26.0 Å². The Morgan fingerprint density at radius 2 is 1.81 bits per heavy atom. The van der Waals surface area contributed by atoms with Crippen molar-refractivity contribution in [3.05, 3.63) is 64.7 Å². The molecule has 1 aliphatic heterocycles. The highest BCUT2D eigenvalue weighted by Gasteiger charge is 2.46. The van der Waals surface area contributed by atoms with Crippen LogP contribution in [0.1, 0.15) is 36.6 Å². The molecule has 0 unspecified atom stereocenters. The molecule has 1 atom stereocenters. The van der Waals surface area contributed by atoms with E-state index in [0.29, 0.717) is 29.4 Å². The van der Waals surface area contributed by atoms with E-state index in [9.17, 15) is 19.8 Å². The van der Waals surface area contributed by atoms with Gasteiger partial charge < -0.3 is 24.6 Å². The summed E-state index contributed by atoms with van der Waals surface area (Å²) in [7, 11) is 1.51. The molecule has 32 heavy (non-hydrogen) atoms. The van der Waals surface area contributed by atoms with Gasteiger partial charge in [0.2, 0.25) is 0 Å². The first-order valence-electron chi connectivity index (χ1n) is 10.5.